The second kappa shape index (κ2) is 8.85. The number of hydrogen-bond donors (Lipinski definition) is 1. The molecule has 0 bridgehead atoms. The van der Waals surface area contributed by atoms with E-state index < -0.39 is 0 Å². The molecule has 1 aliphatic rings. The summed E-state index contributed by atoms with van der Waals surface area (Å²) in [5, 5.41) is 4.38. The van der Waals surface area contributed by atoms with Crippen molar-refractivity contribution in [2.24, 2.45) is 0 Å². The van der Waals surface area contributed by atoms with E-state index >= 15 is 0 Å². The van der Waals surface area contributed by atoms with Gasteiger partial charge in [0.15, 0.2) is 0 Å². The molecule has 0 saturated carbocycles. The predicted octanol–water partition coefficient (Wildman–Crippen LogP) is 3.97. The lowest BCUT2D eigenvalue weighted by atomic mass is 10.0. The lowest BCUT2D eigenvalue weighted by molar-refractivity contribution is 0.331. The van der Waals surface area contributed by atoms with E-state index in [1.807, 2.05) is 0 Å². The van der Waals surface area contributed by atoms with E-state index in [2.05, 4.69) is 67.0 Å². The van der Waals surface area contributed by atoms with Crippen molar-refractivity contribution in [1.82, 2.24) is 5.32 Å². The van der Waals surface area contributed by atoms with E-state index in [9.17, 15) is 0 Å². The van der Waals surface area contributed by atoms with E-state index in [1.54, 1.807) is 0 Å². The molecular weight excluding hydrogens is 286 g/mol. The Morgan fingerprint density at radius 2 is 2.15 bits per heavy atom. The maximum Gasteiger partial charge on any atom is 0.124 e. The summed E-state index contributed by atoms with van der Waals surface area (Å²) in [4.78, 5) is 0. The van der Waals surface area contributed by atoms with Crippen molar-refractivity contribution in [3.63, 3.8) is 0 Å². The van der Waals surface area contributed by atoms with Crippen LogP contribution >= 0.6 is 23.5 Å². The summed E-state index contributed by atoms with van der Waals surface area (Å²) in [6.45, 7) is 6.06. The molecule has 112 valence electrons. The van der Waals surface area contributed by atoms with Crippen LogP contribution in [0.15, 0.2) is 24.3 Å². The molecule has 0 aromatic heterocycles. The standard InChI is InChI=1S/C16H25NOS2/c1-3-9-17-16(15-12-19-10-11-20-15)13-7-5-6-8-14(13)18-4-2/h5-8,15-17H,3-4,9-12H2,1-2H3. The zero-order valence-electron chi connectivity index (χ0n) is 12.4. The first kappa shape index (κ1) is 16.1. The summed E-state index contributed by atoms with van der Waals surface area (Å²) in [7, 11) is 0. The van der Waals surface area contributed by atoms with Gasteiger partial charge >= 0.3 is 0 Å². The number of hydrogen-bond acceptors (Lipinski definition) is 4. The van der Waals surface area contributed by atoms with Crippen molar-refractivity contribution in [3.8, 4) is 5.75 Å². The molecule has 1 N–H and O–H groups in total. The molecule has 1 heterocycles. The number of rotatable bonds is 7. The van der Waals surface area contributed by atoms with Gasteiger partial charge in [-0.25, -0.2) is 0 Å². The molecule has 1 saturated heterocycles. The van der Waals surface area contributed by atoms with Crippen molar-refractivity contribution in [2.45, 2.75) is 31.6 Å². The van der Waals surface area contributed by atoms with Crippen LogP contribution in [-0.4, -0.2) is 35.7 Å². The van der Waals surface area contributed by atoms with E-state index in [0.29, 0.717) is 11.3 Å². The maximum absolute atomic E-state index is 5.83. The van der Waals surface area contributed by atoms with Gasteiger partial charge in [0.05, 0.1) is 6.61 Å². The third-order valence-electron chi connectivity index (χ3n) is 3.38. The molecule has 0 aliphatic carbocycles. The first-order chi connectivity index (χ1) is 9.86. The average Bonchev–Trinajstić information content (AvgIpc) is 2.50. The van der Waals surface area contributed by atoms with Crippen LogP contribution in [0.5, 0.6) is 5.75 Å². The summed E-state index contributed by atoms with van der Waals surface area (Å²) >= 11 is 4.18. The first-order valence-electron chi connectivity index (χ1n) is 7.51. The summed E-state index contributed by atoms with van der Waals surface area (Å²) < 4.78 is 5.83. The van der Waals surface area contributed by atoms with Crippen LogP contribution in [-0.2, 0) is 0 Å². The van der Waals surface area contributed by atoms with Crippen molar-refractivity contribution in [1.29, 1.82) is 0 Å². The van der Waals surface area contributed by atoms with Gasteiger partial charge in [0, 0.05) is 34.1 Å². The first-order valence-corrected chi connectivity index (χ1v) is 9.71. The SMILES string of the molecule is CCCNC(c1ccccc1OCC)C1CSCCS1. The fourth-order valence-corrected chi connectivity index (χ4v) is 5.32. The molecule has 20 heavy (non-hydrogen) atoms. The van der Waals surface area contributed by atoms with Crippen molar-refractivity contribution in [2.75, 3.05) is 30.4 Å². The van der Waals surface area contributed by atoms with Crippen LogP contribution in [0.1, 0.15) is 31.9 Å². The Bertz CT molecular complexity index is 394. The molecule has 2 atom stereocenters. The van der Waals surface area contributed by atoms with Gasteiger partial charge in [0.25, 0.3) is 0 Å². The smallest absolute Gasteiger partial charge is 0.124 e. The lowest BCUT2D eigenvalue weighted by Crippen LogP contribution is -2.34. The van der Waals surface area contributed by atoms with Gasteiger partial charge in [-0.2, -0.15) is 23.5 Å². The van der Waals surface area contributed by atoms with Gasteiger partial charge < -0.3 is 10.1 Å². The minimum Gasteiger partial charge on any atom is -0.494 e. The quantitative estimate of drug-likeness (QED) is 0.822. The Morgan fingerprint density at radius 3 is 2.85 bits per heavy atom. The van der Waals surface area contributed by atoms with E-state index in [-0.39, 0.29) is 0 Å². The topological polar surface area (TPSA) is 21.3 Å². The Labute approximate surface area is 131 Å². The fraction of sp³-hybridized carbons (Fsp3) is 0.625. The third-order valence-corrected chi connectivity index (χ3v) is 6.25. The molecule has 1 aliphatic heterocycles. The largest absolute Gasteiger partial charge is 0.494 e. The Kier molecular flexibility index (Phi) is 7.11. The molecule has 4 heteroatoms. The molecule has 1 aromatic carbocycles. The molecule has 0 spiro atoms. The zero-order valence-corrected chi connectivity index (χ0v) is 14.1. The molecule has 2 rings (SSSR count). The Balaban J connectivity index is 2.20. The van der Waals surface area contributed by atoms with Crippen LogP contribution in [0.25, 0.3) is 0 Å². The third kappa shape index (κ3) is 4.34. The summed E-state index contributed by atoms with van der Waals surface area (Å²) in [5.74, 6) is 4.82. The van der Waals surface area contributed by atoms with Gasteiger partial charge in [-0.3, -0.25) is 0 Å². The number of nitrogens with one attached hydrogen (secondary N) is 1. The number of ether oxygens (including phenoxy) is 1. The highest BCUT2D eigenvalue weighted by Crippen LogP contribution is 2.37. The molecule has 2 unspecified atom stereocenters. The maximum atomic E-state index is 5.83. The summed E-state index contributed by atoms with van der Waals surface area (Å²) in [6, 6.07) is 8.90. The highest BCUT2D eigenvalue weighted by molar-refractivity contribution is 8.06. The lowest BCUT2D eigenvalue weighted by Gasteiger charge is -2.31. The Morgan fingerprint density at radius 1 is 1.30 bits per heavy atom. The molecule has 2 nitrogen and oxygen atoms in total. The van der Waals surface area contributed by atoms with E-state index in [4.69, 9.17) is 4.74 Å². The Hall–Kier alpha value is -0.320. The van der Waals surface area contributed by atoms with E-state index in [0.717, 1.165) is 25.3 Å². The molecule has 0 amide bonds. The van der Waals surface area contributed by atoms with E-state index in [1.165, 1.54) is 22.8 Å². The van der Waals surface area contributed by atoms with Crippen LogP contribution < -0.4 is 10.1 Å². The van der Waals surface area contributed by atoms with Crippen molar-refractivity contribution < 1.29 is 4.74 Å². The molecular formula is C16H25NOS2. The number of benzene rings is 1. The van der Waals surface area contributed by atoms with Crippen molar-refractivity contribution in [3.05, 3.63) is 29.8 Å². The second-order valence-corrected chi connectivity index (χ2v) is 7.38. The van der Waals surface area contributed by atoms with Gasteiger partial charge in [-0.15, -0.1) is 0 Å². The zero-order chi connectivity index (χ0) is 14.2. The second-order valence-electron chi connectivity index (χ2n) is 4.89. The predicted molar refractivity (Wildman–Crippen MR) is 92.2 cm³/mol. The highest BCUT2D eigenvalue weighted by atomic mass is 32.2. The minimum atomic E-state index is 0.399. The summed E-state index contributed by atoms with van der Waals surface area (Å²) in [6.07, 6.45) is 1.16. The van der Waals surface area contributed by atoms with Crippen LogP contribution in [0.2, 0.25) is 0 Å². The number of para-hydroxylation sites is 1. The van der Waals surface area contributed by atoms with Crippen LogP contribution in [0.4, 0.5) is 0 Å². The van der Waals surface area contributed by atoms with Gasteiger partial charge in [0.1, 0.15) is 5.75 Å². The molecule has 0 radical (unpaired) electrons. The van der Waals surface area contributed by atoms with Crippen LogP contribution in [0.3, 0.4) is 0 Å². The van der Waals surface area contributed by atoms with Gasteiger partial charge in [0.2, 0.25) is 0 Å². The summed E-state index contributed by atoms with van der Waals surface area (Å²) in [5.41, 5.74) is 1.32. The van der Waals surface area contributed by atoms with Crippen LogP contribution in [0, 0.1) is 0 Å². The van der Waals surface area contributed by atoms with Crippen molar-refractivity contribution >= 4 is 23.5 Å². The highest BCUT2D eigenvalue weighted by Gasteiger charge is 2.27. The van der Waals surface area contributed by atoms with Gasteiger partial charge in [-0.05, 0) is 26.0 Å². The fourth-order valence-electron chi connectivity index (χ4n) is 2.46. The average molecular weight is 312 g/mol. The normalized spacial score (nSPS) is 20.6. The molecule has 1 fully saturated rings. The minimum absolute atomic E-state index is 0.399. The van der Waals surface area contributed by atoms with Gasteiger partial charge in [-0.1, -0.05) is 25.1 Å². The molecule has 1 aromatic rings. The monoisotopic (exact) mass is 311 g/mol. The number of thioether (sulfide) groups is 2.